The molecule has 4 aliphatic rings. The van der Waals surface area contributed by atoms with E-state index in [2.05, 4.69) is 0 Å². The molecule has 3 heterocycles. The lowest BCUT2D eigenvalue weighted by atomic mass is 9.52. The molecule has 12 heteroatoms. The van der Waals surface area contributed by atoms with Crippen LogP contribution in [0.4, 0.5) is 18.9 Å². The van der Waals surface area contributed by atoms with E-state index in [1.165, 1.54) is 18.2 Å². The fraction of sp³-hybridized carbons (Fsp3) is 0.448. The SMILES string of the molecule is CC(C)(C)[C@]1(O)C[C@@H]2OC(=O)C[C@@]23C(=O)O[C@@H]2N(c4cccc(C(F)(F)F)c4)C(=O)[C@H](OC(=O)c4ccccc4)C213. The number of amides is 1. The van der Waals surface area contributed by atoms with E-state index in [-0.39, 0.29) is 17.7 Å². The number of benzene rings is 2. The number of nitrogens with zero attached hydrogens (tertiary/aromatic N) is 1. The Morgan fingerprint density at radius 2 is 1.71 bits per heavy atom. The number of anilines is 1. The molecule has 4 fully saturated rings. The van der Waals surface area contributed by atoms with Crippen LogP contribution in [0.15, 0.2) is 54.6 Å². The van der Waals surface area contributed by atoms with E-state index in [0.29, 0.717) is 6.07 Å². The molecule has 1 N–H and O–H groups in total. The third-order valence-electron chi connectivity index (χ3n) is 9.16. The van der Waals surface area contributed by atoms with Gasteiger partial charge in [-0.1, -0.05) is 45.0 Å². The summed E-state index contributed by atoms with van der Waals surface area (Å²) < 4.78 is 58.2. The van der Waals surface area contributed by atoms with Crippen LogP contribution in [-0.4, -0.2) is 53.0 Å². The lowest BCUT2D eigenvalue weighted by Crippen LogP contribution is -2.66. The molecule has 6 atom stereocenters. The molecule has 1 aliphatic carbocycles. The van der Waals surface area contributed by atoms with Gasteiger partial charge in [0.2, 0.25) is 0 Å². The van der Waals surface area contributed by atoms with Gasteiger partial charge in [0.25, 0.3) is 5.91 Å². The van der Waals surface area contributed by atoms with Crippen molar-refractivity contribution in [1.29, 1.82) is 0 Å². The first-order chi connectivity index (χ1) is 19.1. The second-order valence-electron chi connectivity index (χ2n) is 12.0. The van der Waals surface area contributed by atoms with E-state index in [1.54, 1.807) is 39.0 Å². The average molecular weight is 574 g/mol. The normalized spacial score (nSPS) is 34.2. The molecular formula is C29H26F3NO8. The fourth-order valence-corrected chi connectivity index (χ4v) is 7.36. The van der Waals surface area contributed by atoms with E-state index in [4.69, 9.17) is 14.2 Å². The Balaban J connectivity index is 1.62. The molecule has 1 unspecified atom stereocenters. The quantitative estimate of drug-likeness (QED) is 0.437. The van der Waals surface area contributed by atoms with Crippen LogP contribution < -0.4 is 4.90 Å². The molecule has 2 aromatic carbocycles. The van der Waals surface area contributed by atoms with Gasteiger partial charge >= 0.3 is 24.1 Å². The molecule has 216 valence electrons. The molecule has 41 heavy (non-hydrogen) atoms. The summed E-state index contributed by atoms with van der Waals surface area (Å²) in [6, 6.07) is 11.5. The summed E-state index contributed by atoms with van der Waals surface area (Å²) in [5.41, 5.74) is -8.57. The first-order valence-electron chi connectivity index (χ1n) is 13.0. The molecule has 0 aromatic heterocycles. The summed E-state index contributed by atoms with van der Waals surface area (Å²) in [7, 11) is 0. The maximum Gasteiger partial charge on any atom is 0.416 e. The predicted octanol–water partition coefficient (Wildman–Crippen LogP) is 3.63. The molecule has 2 aromatic rings. The number of ether oxygens (including phenoxy) is 3. The first-order valence-corrected chi connectivity index (χ1v) is 13.0. The van der Waals surface area contributed by atoms with Crippen molar-refractivity contribution in [1.82, 2.24) is 0 Å². The number of esters is 3. The van der Waals surface area contributed by atoms with Crippen LogP contribution in [-0.2, 0) is 34.8 Å². The zero-order chi connectivity index (χ0) is 29.8. The number of rotatable bonds is 3. The molecule has 0 bridgehead atoms. The Bertz CT molecular complexity index is 1490. The van der Waals surface area contributed by atoms with Gasteiger partial charge in [0.1, 0.15) is 16.9 Å². The van der Waals surface area contributed by atoms with Gasteiger partial charge in [0.15, 0.2) is 12.3 Å². The molecule has 6 rings (SSSR count). The summed E-state index contributed by atoms with van der Waals surface area (Å²) in [5.74, 6) is -3.72. The number of aliphatic hydroxyl groups is 1. The standard InChI is InChI=1S/C29H26F3NO8/c1-25(2,3)27(38)13-18-26(14-19(34)39-18)24(37)41-23-28(26,27)20(40-22(36)15-8-5-4-6-9-15)21(35)33(23)17-11-7-10-16(12-17)29(30,31)32/h4-12,18,20,23,38H,13-14H2,1-3H3/t18-,20-,23-,26-,27+,28?/m0/s1. The third-order valence-corrected chi connectivity index (χ3v) is 9.16. The number of hydrogen-bond acceptors (Lipinski definition) is 8. The lowest BCUT2D eigenvalue weighted by Gasteiger charge is -2.51. The number of hydrogen-bond donors (Lipinski definition) is 1. The van der Waals surface area contributed by atoms with Crippen LogP contribution >= 0.6 is 0 Å². The van der Waals surface area contributed by atoms with Crippen molar-refractivity contribution in [2.45, 2.75) is 63.8 Å². The van der Waals surface area contributed by atoms with E-state index in [9.17, 15) is 37.5 Å². The lowest BCUT2D eigenvalue weighted by molar-refractivity contribution is -0.204. The van der Waals surface area contributed by atoms with Crippen LogP contribution in [0.1, 0.15) is 49.5 Å². The minimum Gasteiger partial charge on any atom is -0.461 e. The molecule has 2 spiro atoms. The van der Waals surface area contributed by atoms with Gasteiger partial charge in [-0.2, -0.15) is 13.2 Å². The zero-order valence-corrected chi connectivity index (χ0v) is 22.2. The molecular weight excluding hydrogens is 547 g/mol. The second-order valence-corrected chi connectivity index (χ2v) is 12.0. The first kappa shape index (κ1) is 27.3. The van der Waals surface area contributed by atoms with Crippen molar-refractivity contribution < 1.29 is 51.7 Å². The Morgan fingerprint density at radius 1 is 1.02 bits per heavy atom. The largest absolute Gasteiger partial charge is 0.461 e. The van der Waals surface area contributed by atoms with E-state index >= 15 is 0 Å². The Hall–Kier alpha value is -3.93. The summed E-state index contributed by atoms with van der Waals surface area (Å²) in [6.07, 6.45) is -10.5. The smallest absolute Gasteiger partial charge is 0.416 e. The average Bonchev–Trinajstić information content (AvgIpc) is 3.51. The Morgan fingerprint density at radius 3 is 2.34 bits per heavy atom. The third kappa shape index (κ3) is 3.27. The van der Waals surface area contributed by atoms with E-state index in [1.807, 2.05) is 0 Å². The molecule has 3 saturated heterocycles. The van der Waals surface area contributed by atoms with Crippen LogP contribution in [0.2, 0.25) is 0 Å². The van der Waals surface area contributed by atoms with Gasteiger partial charge in [-0.3, -0.25) is 19.3 Å². The van der Waals surface area contributed by atoms with Crippen molar-refractivity contribution in [3.63, 3.8) is 0 Å². The van der Waals surface area contributed by atoms with Gasteiger partial charge in [-0.25, -0.2) is 4.79 Å². The second kappa shape index (κ2) is 8.31. The van der Waals surface area contributed by atoms with Crippen LogP contribution in [0.5, 0.6) is 0 Å². The van der Waals surface area contributed by atoms with Gasteiger partial charge in [-0.15, -0.1) is 0 Å². The molecule has 1 amide bonds. The summed E-state index contributed by atoms with van der Waals surface area (Å²) in [5, 5.41) is 12.6. The van der Waals surface area contributed by atoms with Gasteiger partial charge in [-0.05, 0) is 35.7 Å². The highest BCUT2D eigenvalue weighted by Crippen LogP contribution is 2.76. The Kier molecular flexibility index (Phi) is 5.52. The van der Waals surface area contributed by atoms with E-state index in [0.717, 1.165) is 17.0 Å². The van der Waals surface area contributed by atoms with Gasteiger partial charge < -0.3 is 19.3 Å². The molecule has 0 radical (unpaired) electrons. The van der Waals surface area contributed by atoms with Crippen molar-refractivity contribution in [3.05, 3.63) is 65.7 Å². The van der Waals surface area contributed by atoms with Crippen LogP contribution in [0.3, 0.4) is 0 Å². The van der Waals surface area contributed by atoms with Crippen molar-refractivity contribution >= 4 is 29.5 Å². The number of halogens is 3. The minimum absolute atomic E-state index is 0.0534. The summed E-state index contributed by atoms with van der Waals surface area (Å²) in [6.45, 7) is 4.93. The minimum atomic E-state index is -4.76. The maximum atomic E-state index is 14.3. The summed E-state index contributed by atoms with van der Waals surface area (Å²) >= 11 is 0. The van der Waals surface area contributed by atoms with Crippen LogP contribution in [0, 0.1) is 16.2 Å². The zero-order valence-electron chi connectivity index (χ0n) is 22.2. The highest BCUT2D eigenvalue weighted by molar-refractivity contribution is 6.07. The number of carbonyl (C=O) groups excluding carboxylic acids is 4. The van der Waals surface area contributed by atoms with Crippen molar-refractivity contribution in [2.24, 2.45) is 16.2 Å². The maximum absolute atomic E-state index is 14.3. The summed E-state index contributed by atoms with van der Waals surface area (Å²) in [4.78, 5) is 55.0. The fourth-order valence-electron chi connectivity index (χ4n) is 7.36. The predicted molar refractivity (Wildman–Crippen MR) is 133 cm³/mol. The Labute approximate surface area is 232 Å². The molecule has 3 aliphatic heterocycles. The van der Waals surface area contributed by atoms with Crippen molar-refractivity contribution in [3.8, 4) is 0 Å². The van der Waals surface area contributed by atoms with Gasteiger partial charge in [0.05, 0.1) is 23.1 Å². The van der Waals surface area contributed by atoms with Gasteiger partial charge in [0, 0.05) is 12.1 Å². The number of carbonyl (C=O) groups is 4. The monoisotopic (exact) mass is 573 g/mol. The number of alkyl halides is 3. The molecule has 9 nitrogen and oxygen atoms in total. The highest BCUT2D eigenvalue weighted by atomic mass is 19.4. The van der Waals surface area contributed by atoms with Crippen molar-refractivity contribution in [2.75, 3.05) is 4.90 Å². The van der Waals surface area contributed by atoms with Crippen LogP contribution in [0.25, 0.3) is 0 Å². The molecule has 1 saturated carbocycles. The highest BCUT2D eigenvalue weighted by Gasteiger charge is 2.93. The van der Waals surface area contributed by atoms with E-state index < -0.39 is 82.3 Å². The topological polar surface area (TPSA) is 119 Å².